The molecule has 0 spiro atoms. The summed E-state index contributed by atoms with van der Waals surface area (Å²) >= 11 is 0. The molecule has 28 heavy (non-hydrogen) atoms. The molecule has 134 valence electrons. The van der Waals surface area contributed by atoms with Gasteiger partial charge in [0.25, 0.3) is 0 Å². The second-order valence-electron chi connectivity index (χ2n) is 6.42. The Morgan fingerprint density at radius 1 is 1.00 bits per heavy atom. The topological polar surface area (TPSA) is 42.9 Å². The molecule has 2 aromatic heterocycles. The summed E-state index contributed by atoms with van der Waals surface area (Å²) < 4.78 is 13.9. The largest absolute Gasteiger partial charge is 0.298 e. The van der Waals surface area contributed by atoms with E-state index in [1.54, 1.807) is 30.6 Å². The van der Waals surface area contributed by atoms with E-state index in [1.165, 1.54) is 6.07 Å². The molecular formula is C24H15FN2O. The standard InChI is InChI=1S/C24H15FN2O/c1-16-2-6-18(22(25)12-16)7-3-17-4-8-19(9-5-17)24-13-20(15-28)21-14-26-11-10-23(21)27-24/h2,4-6,8-15H,1H3. The predicted octanol–water partition coefficient (Wildman–Crippen LogP) is 4.96. The van der Waals surface area contributed by atoms with Crippen LogP contribution in [0.1, 0.15) is 27.0 Å². The highest BCUT2D eigenvalue weighted by molar-refractivity contribution is 5.97. The minimum atomic E-state index is -0.319. The number of hydrogen-bond donors (Lipinski definition) is 0. The van der Waals surface area contributed by atoms with Crippen LogP contribution in [0.5, 0.6) is 0 Å². The first-order chi connectivity index (χ1) is 13.6. The summed E-state index contributed by atoms with van der Waals surface area (Å²) in [5.41, 5.74) is 4.83. The molecule has 4 heteroatoms. The molecule has 4 aromatic rings. The fourth-order valence-electron chi connectivity index (χ4n) is 2.92. The van der Waals surface area contributed by atoms with E-state index < -0.39 is 0 Å². The number of benzene rings is 2. The van der Waals surface area contributed by atoms with Crippen LogP contribution in [-0.4, -0.2) is 16.3 Å². The molecule has 0 aliphatic rings. The van der Waals surface area contributed by atoms with Crippen LogP contribution in [0.2, 0.25) is 0 Å². The van der Waals surface area contributed by atoms with Gasteiger partial charge in [0, 0.05) is 34.5 Å². The second-order valence-corrected chi connectivity index (χ2v) is 6.42. The number of carbonyl (C=O) groups is 1. The third-order valence-electron chi connectivity index (χ3n) is 4.42. The van der Waals surface area contributed by atoms with E-state index in [-0.39, 0.29) is 5.82 Å². The van der Waals surface area contributed by atoms with Crippen molar-refractivity contribution >= 4 is 17.2 Å². The molecule has 0 atom stereocenters. The van der Waals surface area contributed by atoms with Crippen molar-refractivity contribution in [2.75, 3.05) is 0 Å². The smallest absolute Gasteiger partial charge is 0.150 e. The van der Waals surface area contributed by atoms with E-state index in [0.29, 0.717) is 22.3 Å². The van der Waals surface area contributed by atoms with E-state index in [2.05, 4.69) is 21.8 Å². The molecule has 0 saturated carbocycles. The van der Waals surface area contributed by atoms with Gasteiger partial charge in [-0.1, -0.05) is 30.0 Å². The SMILES string of the molecule is Cc1ccc(C#Cc2ccc(-c3cc(C=O)c4cnccc4n3)cc2)c(F)c1. The zero-order chi connectivity index (χ0) is 19.5. The molecule has 0 bridgehead atoms. The number of nitrogens with zero attached hydrogens (tertiary/aromatic N) is 2. The average molecular weight is 366 g/mol. The molecule has 0 aliphatic carbocycles. The molecule has 0 fully saturated rings. The fraction of sp³-hybridized carbons (Fsp3) is 0.0417. The summed E-state index contributed by atoms with van der Waals surface area (Å²) in [6.07, 6.45) is 4.10. The summed E-state index contributed by atoms with van der Waals surface area (Å²) in [4.78, 5) is 20.1. The lowest BCUT2D eigenvalue weighted by Gasteiger charge is -2.06. The number of rotatable bonds is 2. The maximum absolute atomic E-state index is 13.9. The van der Waals surface area contributed by atoms with Crippen LogP contribution in [0.15, 0.2) is 67.0 Å². The summed E-state index contributed by atoms with van der Waals surface area (Å²) in [7, 11) is 0. The Bertz CT molecular complexity index is 1250. The van der Waals surface area contributed by atoms with Gasteiger partial charge in [0.05, 0.1) is 16.8 Å². The zero-order valence-electron chi connectivity index (χ0n) is 15.1. The third-order valence-corrected chi connectivity index (χ3v) is 4.42. The fourth-order valence-corrected chi connectivity index (χ4v) is 2.92. The number of hydrogen-bond acceptors (Lipinski definition) is 3. The minimum Gasteiger partial charge on any atom is -0.298 e. The summed E-state index contributed by atoms with van der Waals surface area (Å²) in [6, 6.07) is 16.0. The van der Waals surface area contributed by atoms with Gasteiger partial charge in [-0.25, -0.2) is 9.37 Å². The molecule has 2 heterocycles. The third kappa shape index (κ3) is 3.51. The molecule has 0 amide bonds. The molecular weight excluding hydrogens is 351 g/mol. The predicted molar refractivity (Wildman–Crippen MR) is 107 cm³/mol. The number of aryl methyl sites for hydroxylation is 1. The minimum absolute atomic E-state index is 0.319. The van der Waals surface area contributed by atoms with Crippen molar-refractivity contribution in [2.24, 2.45) is 0 Å². The molecule has 0 radical (unpaired) electrons. The van der Waals surface area contributed by atoms with Crippen LogP contribution < -0.4 is 0 Å². The molecule has 0 unspecified atom stereocenters. The van der Waals surface area contributed by atoms with Crippen LogP contribution in [0.4, 0.5) is 4.39 Å². The number of fused-ring (bicyclic) bond motifs is 1. The molecule has 4 rings (SSSR count). The summed E-state index contributed by atoms with van der Waals surface area (Å²) in [5, 5.41) is 0.726. The number of carbonyl (C=O) groups excluding carboxylic acids is 1. The Kier molecular flexibility index (Phi) is 4.65. The van der Waals surface area contributed by atoms with Gasteiger partial charge in [-0.3, -0.25) is 9.78 Å². The highest BCUT2D eigenvalue weighted by Gasteiger charge is 2.07. The van der Waals surface area contributed by atoms with Gasteiger partial charge in [0.15, 0.2) is 6.29 Å². The molecule has 3 nitrogen and oxygen atoms in total. The van der Waals surface area contributed by atoms with E-state index in [4.69, 9.17) is 0 Å². The maximum Gasteiger partial charge on any atom is 0.150 e. The van der Waals surface area contributed by atoms with Crippen LogP contribution in [0, 0.1) is 24.6 Å². The molecule has 0 saturated heterocycles. The van der Waals surface area contributed by atoms with Gasteiger partial charge < -0.3 is 0 Å². The molecule has 2 aromatic carbocycles. The first-order valence-electron chi connectivity index (χ1n) is 8.72. The monoisotopic (exact) mass is 366 g/mol. The van der Waals surface area contributed by atoms with Crippen molar-refractivity contribution in [1.29, 1.82) is 0 Å². The van der Waals surface area contributed by atoms with Crippen LogP contribution in [0.25, 0.3) is 22.2 Å². The lowest BCUT2D eigenvalue weighted by Crippen LogP contribution is -1.92. The molecule has 0 aliphatic heterocycles. The van der Waals surface area contributed by atoms with Gasteiger partial charge in [-0.05, 0) is 48.9 Å². The van der Waals surface area contributed by atoms with Crippen molar-refractivity contribution in [3.8, 4) is 23.1 Å². The van der Waals surface area contributed by atoms with Gasteiger partial charge in [-0.2, -0.15) is 0 Å². The summed E-state index contributed by atoms with van der Waals surface area (Å²) in [5.74, 6) is 5.52. The average Bonchev–Trinajstić information content (AvgIpc) is 2.72. The quantitative estimate of drug-likeness (QED) is 0.372. The Balaban J connectivity index is 1.66. The van der Waals surface area contributed by atoms with Crippen molar-refractivity contribution in [1.82, 2.24) is 9.97 Å². The van der Waals surface area contributed by atoms with Crippen molar-refractivity contribution in [2.45, 2.75) is 6.92 Å². The van der Waals surface area contributed by atoms with E-state index in [1.807, 2.05) is 37.3 Å². The Morgan fingerprint density at radius 2 is 1.82 bits per heavy atom. The number of aldehydes is 1. The first kappa shape index (κ1) is 17.6. The van der Waals surface area contributed by atoms with E-state index in [9.17, 15) is 9.18 Å². The van der Waals surface area contributed by atoms with Crippen LogP contribution in [-0.2, 0) is 0 Å². The highest BCUT2D eigenvalue weighted by atomic mass is 19.1. The van der Waals surface area contributed by atoms with Crippen LogP contribution in [0.3, 0.4) is 0 Å². The number of halogens is 1. The van der Waals surface area contributed by atoms with Gasteiger partial charge >= 0.3 is 0 Å². The lowest BCUT2D eigenvalue weighted by molar-refractivity contribution is 0.112. The Hall–Kier alpha value is -3.84. The lowest BCUT2D eigenvalue weighted by atomic mass is 10.0. The zero-order valence-corrected chi connectivity index (χ0v) is 15.1. The number of aromatic nitrogens is 2. The van der Waals surface area contributed by atoms with E-state index >= 15 is 0 Å². The molecule has 0 N–H and O–H groups in total. The normalized spacial score (nSPS) is 10.4. The van der Waals surface area contributed by atoms with E-state index in [0.717, 1.165) is 28.4 Å². The Labute approximate surface area is 161 Å². The van der Waals surface area contributed by atoms with Gasteiger partial charge in [0.1, 0.15) is 5.82 Å². The maximum atomic E-state index is 13.9. The highest BCUT2D eigenvalue weighted by Crippen LogP contribution is 2.23. The second kappa shape index (κ2) is 7.42. The van der Waals surface area contributed by atoms with Gasteiger partial charge in [-0.15, -0.1) is 0 Å². The van der Waals surface area contributed by atoms with Crippen molar-refractivity contribution in [3.05, 3.63) is 95.1 Å². The first-order valence-corrected chi connectivity index (χ1v) is 8.72. The summed E-state index contributed by atoms with van der Waals surface area (Å²) in [6.45, 7) is 1.84. The van der Waals surface area contributed by atoms with Crippen LogP contribution >= 0.6 is 0 Å². The Morgan fingerprint density at radius 3 is 2.57 bits per heavy atom. The van der Waals surface area contributed by atoms with Crippen molar-refractivity contribution in [3.63, 3.8) is 0 Å². The number of pyridine rings is 2. The van der Waals surface area contributed by atoms with Gasteiger partial charge in [0.2, 0.25) is 0 Å². The van der Waals surface area contributed by atoms with Crippen molar-refractivity contribution < 1.29 is 9.18 Å².